The number of hydrogen-bond acceptors (Lipinski definition) is 6. The molecule has 0 aromatic carbocycles. The first-order chi connectivity index (χ1) is 7.22. The molecule has 10 heteroatoms. The summed E-state index contributed by atoms with van der Waals surface area (Å²) in [6.07, 6.45) is 1.90. The molecule has 0 rings (SSSR count). The molecule has 16 heavy (non-hydrogen) atoms. The van der Waals surface area contributed by atoms with Crippen molar-refractivity contribution in [2.24, 2.45) is 5.73 Å². The van der Waals surface area contributed by atoms with Crippen LogP contribution < -0.4 is 11.2 Å². The van der Waals surface area contributed by atoms with Crippen LogP contribution in [0.5, 0.6) is 0 Å². The second-order valence-electron chi connectivity index (χ2n) is 2.75. The Morgan fingerprint density at radius 1 is 1.31 bits per heavy atom. The van der Waals surface area contributed by atoms with Crippen LogP contribution in [0.2, 0.25) is 0 Å². The third kappa shape index (κ3) is 18.9. The van der Waals surface area contributed by atoms with Gasteiger partial charge in [0.15, 0.2) is 0 Å². The molecule has 9 nitrogen and oxygen atoms in total. The van der Waals surface area contributed by atoms with Crippen molar-refractivity contribution in [1.82, 2.24) is 5.48 Å². The number of nitrogens with one attached hydrogen (secondary N) is 1. The Balaban J connectivity index is 0. The van der Waals surface area contributed by atoms with Crippen molar-refractivity contribution >= 4 is 16.4 Å². The number of unbranched alkanes of at least 4 members (excludes halogenated alkanes) is 1. The highest BCUT2D eigenvalue weighted by molar-refractivity contribution is 7.79. The second kappa shape index (κ2) is 9.45. The summed E-state index contributed by atoms with van der Waals surface area (Å²) in [6, 6.07) is -0.860. The van der Waals surface area contributed by atoms with Gasteiger partial charge in [-0.2, -0.15) is 13.9 Å². The highest BCUT2D eigenvalue weighted by atomic mass is 32.3. The molecule has 0 aromatic heterocycles. The summed E-state index contributed by atoms with van der Waals surface area (Å²) in [5.74, 6) is -1.04. The van der Waals surface area contributed by atoms with E-state index in [1.54, 1.807) is 5.48 Å². The smallest absolute Gasteiger partial charge is 0.394 e. The maximum atomic E-state index is 10.3. The summed E-state index contributed by atoms with van der Waals surface area (Å²) >= 11 is 0. The van der Waals surface area contributed by atoms with E-state index < -0.39 is 22.4 Å². The van der Waals surface area contributed by atoms with Crippen LogP contribution in [0.3, 0.4) is 0 Å². The molecule has 0 spiro atoms. The molecule has 0 heterocycles. The molecule has 0 aliphatic heterocycles. The molecule has 0 aliphatic carbocycles. The fraction of sp³-hybridized carbons (Fsp3) is 0.833. The highest BCUT2D eigenvalue weighted by Crippen LogP contribution is 1.99. The van der Waals surface area contributed by atoms with Gasteiger partial charge >= 0.3 is 16.4 Å². The van der Waals surface area contributed by atoms with Gasteiger partial charge in [0.25, 0.3) is 0 Å². The molecule has 0 bridgehead atoms. The van der Waals surface area contributed by atoms with Gasteiger partial charge in [-0.05, 0) is 25.8 Å². The Kier molecular flexibility index (Phi) is 10.4. The standard InChI is InChI=1S/C6H14N2O3.H2O4S/c7-4-2-1-3-5(8-11)6(9)10;1-5(2,3)4/h5,8,11H,1-4,7H2,(H,9,10);(H2,1,2,3,4)/t5-;/m0./s1. The van der Waals surface area contributed by atoms with Crippen molar-refractivity contribution in [3.63, 3.8) is 0 Å². The van der Waals surface area contributed by atoms with Crippen LogP contribution in [0.4, 0.5) is 0 Å². The first-order valence-corrected chi connectivity index (χ1v) is 5.64. The molecule has 0 radical (unpaired) electrons. The van der Waals surface area contributed by atoms with Gasteiger partial charge in [0.1, 0.15) is 6.04 Å². The average molecular weight is 260 g/mol. The number of aliphatic carboxylic acids is 1. The van der Waals surface area contributed by atoms with E-state index in [0.29, 0.717) is 19.4 Å². The summed E-state index contributed by atoms with van der Waals surface area (Å²) in [5, 5.41) is 16.8. The first-order valence-electron chi connectivity index (χ1n) is 4.24. The van der Waals surface area contributed by atoms with E-state index in [1.165, 1.54) is 0 Å². The van der Waals surface area contributed by atoms with E-state index >= 15 is 0 Å². The molecule has 1 atom stereocenters. The molecular formula is C6H16N2O7S. The minimum atomic E-state index is -4.67. The molecule has 0 saturated heterocycles. The zero-order valence-electron chi connectivity index (χ0n) is 8.40. The Labute approximate surface area is 92.8 Å². The van der Waals surface area contributed by atoms with Crippen molar-refractivity contribution in [3.8, 4) is 0 Å². The van der Waals surface area contributed by atoms with E-state index in [4.69, 9.17) is 33.6 Å². The lowest BCUT2D eigenvalue weighted by Gasteiger charge is -2.08. The topological polar surface area (TPSA) is 170 Å². The SMILES string of the molecule is NCCCC[C@H](NO)C(=O)O.O=S(=O)(O)O. The van der Waals surface area contributed by atoms with Crippen LogP contribution in [0.25, 0.3) is 0 Å². The second-order valence-corrected chi connectivity index (χ2v) is 3.65. The lowest BCUT2D eigenvalue weighted by Crippen LogP contribution is -2.34. The van der Waals surface area contributed by atoms with Crippen molar-refractivity contribution in [3.05, 3.63) is 0 Å². The first kappa shape index (κ1) is 17.6. The van der Waals surface area contributed by atoms with Gasteiger partial charge in [-0.1, -0.05) is 0 Å². The lowest BCUT2D eigenvalue weighted by molar-refractivity contribution is -0.142. The fourth-order valence-corrected chi connectivity index (χ4v) is 0.736. The zero-order chi connectivity index (χ0) is 13.2. The van der Waals surface area contributed by atoms with Crippen LogP contribution >= 0.6 is 0 Å². The average Bonchev–Trinajstić information content (AvgIpc) is 2.09. The maximum Gasteiger partial charge on any atom is 0.394 e. The lowest BCUT2D eigenvalue weighted by atomic mass is 10.1. The quantitative estimate of drug-likeness (QED) is 0.197. The highest BCUT2D eigenvalue weighted by Gasteiger charge is 2.14. The summed E-state index contributed by atoms with van der Waals surface area (Å²) in [7, 11) is -4.67. The number of nitrogens with two attached hydrogens (primary N) is 1. The Bertz CT molecular complexity index is 271. The Morgan fingerprint density at radius 2 is 1.75 bits per heavy atom. The van der Waals surface area contributed by atoms with Crippen molar-refractivity contribution in [1.29, 1.82) is 0 Å². The van der Waals surface area contributed by atoms with E-state index in [1.807, 2.05) is 0 Å². The molecule has 0 fully saturated rings. The van der Waals surface area contributed by atoms with Crippen LogP contribution in [0.1, 0.15) is 19.3 Å². The number of carboxylic acids is 1. The predicted molar refractivity (Wildman–Crippen MR) is 53.4 cm³/mol. The van der Waals surface area contributed by atoms with Gasteiger partial charge < -0.3 is 16.0 Å². The molecule has 0 aliphatic rings. The van der Waals surface area contributed by atoms with E-state index in [0.717, 1.165) is 6.42 Å². The van der Waals surface area contributed by atoms with Crippen LogP contribution in [-0.4, -0.2) is 46.4 Å². The normalized spacial score (nSPS) is 12.5. The van der Waals surface area contributed by atoms with E-state index in [2.05, 4.69) is 0 Å². The maximum absolute atomic E-state index is 10.3. The fourth-order valence-electron chi connectivity index (χ4n) is 0.736. The molecule has 0 aromatic rings. The zero-order valence-corrected chi connectivity index (χ0v) is 9.22. The van der Waals surface area contributed by atoms with Crippen molar-refractivity contribution in [2.75, 3.05) is 6.54 Å². The third-order valence-corrected chi connectivity index (χ3v) is 1.40. The van der Waals surface area contributed by atoms with Gasteiger partial charge in [0.2, 0.25) is 0 Å². The molecule has 0 unspecified atom stereocenters. The van der Waals surface area contributed by atoms with Gasteiger partial charge in [-0.3, -0.25) is 13.9 Å². The number of carboxylic acid groups (broad SMARTS) is 1. The monoisotopic (exact) mass is 260 g/mol. The number of carbonyl (C=O) groups is 1. The van der Waals surface area contributed by atoms with E-state index in [9.17, 15) is 4.79 Å². The number of hydrogen-bond donors (Lipinski definition) is 6. The number of hydroxylamine groups is 1. The summed E-state index contributed by atoms with van der Waals surface area (Å²) < 4.78 is 31.6. The van der Waals surface area contributed by atoms with Crippen LogP contribution in [0.15, 0.2) is 0 Å². The molecule has 7 N–H and O–H groups in total. The molecule has 0 saturated carbocycles. The van der Waals surface area contributed by atoms with Gasteiger partial charge in [0, 0.05) is 0 Å². The van der Waals surface area contributed by atoms with Crippen molar-refractivity contribution < 1.29 is 32.6 Å². The number of rotatable bonds is 6. The predicted octanol–water partition coefficient (Wildman–Crippen LogP) is -1.11. The minimum Gasteiger partial charge on any atom is -0.480 e. The van der Waals surface area contributed by atoms with Crippen molar-refractivity contribution in [2.45, 2.75) is 25.3 Å². The van der Waals surface area contributed by atoms with Crippen LogP contribution in [0, 0.1) is 0 Å². The summed E-state index contributed by atoms with van der Waals surface area (Å²) in [5.41, 5.74) is 6.92. The molecule has 98 valence electrons. The molecule has 0 amide bonds. The Morgan fingerprint density at radius 3 is 2.00 bits per heavy atom. The van der Waals surface area contributed by atoms with Crippen LogP contribution in [-0.2, 0) is 15.2 Å². The van der Waals surface area contributed by atoms with Gasteiger partial charge in [-0.15, -0.1) is 0 Å². The summed E-state index contributed by atoms with van der Waals surface area (Å²) in [4.78, 5) is 10.3. The van der Waals surface area contributed by atoms with Gasteiger partial charge in [0.05, 0.1) is 0 Å². The third-order valence-electron chi connectivity index (χ3n) is 1.40. The summed E-state index contributed by atoms with van der Waals surface area (Å²) in [6.45, 7) is 0.553. The Hall–Kier alpha value is -0.780. The van der Waals surface area contributed by atoms with Gasteiger partial charge in [-0.25, -0.2) is 0 Å². The largest absolute Gasteiger partial charge is 0.480 e. The van der Waals surface area contributed by atoms with E-state index in [-0.39, 0.29) is 0 Å². The minimum absolute atomic E-state index is 0.406. The molecular weight excluding hydrogens is 244 g/mol.